The first-order valence-corrected chi connectivity index (χ1v) is 8.30. The fraction of sp³-hybridized carbons (Fsp3) is 0.278. The summed E-state index contributed by atoms with van der Waals surface area (Å²) in [5.74, 6) is 0.524. The van der Waals surface area contributed by atoms with Gasteiger partial charge >= 0.3 is 0 Å². The number of halogens is 2. The van der Waals surface area contributed by atoms with Gasteiger partial charge in [-0.3, -0.25) is 4.68 Å². The Labute approximate surface area is 145 Å². The summed E-state index contributed by atoms with van der Waals surface area (Å²) in [6, 6.07) is 11.0. The van der Waals surface area contributed by atoms with Crippen LogP contribution in [0.3, 0.4) is 0 Å². The van der Waals surface area contributed by atoms with Gasteiger partial charge in [0.05, 0.1) is 11.7 Å². The largest absolute Gasteiger partial charge is 0.384 e. The molecule has 1 N–H and O–H groups in total. The number of aromatic nitrogens is 2. The number of rotatable bonds is 4. The Morgan fingerprint density at radius 3 is 2.61 bits per heavy atom. The van der Waals surface area contributed by atoms with Crippen LogP contribution in [0.5, 0.6) is 0 Å². The fourth-order valence-electron chi connectivity index (χ4n) is 2.67. The van der Waals surface area contributed by atoms with Crippen molar-refractivity contribution in [3.8, 4) is 0 Å². The van der Waals surface area contributed by atoms with E-state index in [0.29, 0.717) is 21.5 Å². The summed E-state index contributed by atoms with van der Waals surface area (Å²) >= 11 is 12.1. The van der Waals surface area contributed by atoms with E-state index in [1.807, 2.05) is 29.1 Å². The lowest BCUT2D eigenvalue weighted by atomic mass is 10.0. The summed E-state index contributed by atoms with van der Waals surface area (Å²) < 4.78 is 1.99. The molecule has 2 aromatic carbocycles. The monoisotopic (exact) mass is 348 g/mol. The van der Waals surface area contributed by atoms with E-state index in [1.54, 1.807) is 18.2 Å². The van der Waals surface area contributed by atoms with Gasteiger partial charge in [-0.15, -0.1) is 0 Å². The summed E-state index contributed by atoms with van der Waals surface area (Å²) in [5.41, 5.74) is 2.49. The van der Waals surface area contributed by atoms with Crippen molar-refractivity contribution in [2.45, 2.75) is 26.5 Å². The standard InChI is InChI=1S/C18H18Cl2N2O/c1-11(2)10-22-17-6-3-12(7-13(17)9-21-22)18(23)15-5-4-14(19)8-16(15)20/h3-9,11,18,23H,10H2,1-2H3. The van der Waals surface area contributed by atoms with Gasteiger partial charge in [0, 0.05) is 27.5 Å². The van der Waals surface area contributed by atoms with Crippen molar-refractivity contribution in [3.05, 3.63) is 63.8 Å². The fourth-order valence-corrected chi connectivity index (χ4v) is 3.18. The highest BCUT2D eigenvalue weighted by molar-refractivity contribution is 6.35. The lowest BCUT2D eigenvalue weighted by Crippen LogP contribution is -2.05. The molecule has 0 aliphatic heterocycles. The van der Waals surface area contributed by atoms with Crippen LogP contribution in [0.25, 0.3) is 10.9 Å². The lowest BCUT2D eigenvalue weighted by molar-refractivity contribution is 0.220. The molecule has 0 fully saturated rings. The van der Waals surface area contributed by atoms with Gasteiger partial charge in [-0.1, -0.05) is 49.2 Å². The van der Waals surface area contributed by atoms with Crippen molar-refractivity contribution in [1.82, 2.24) is 9.78 Å². The number of fused-ring (bicyclic) bond motifs is 1. The van der Waals surface area contributed by atoms with E-state index in [4.69, 9.17) is 23.2 Å². The molecule has 0 bridgehead atoms. The Balaban J connectivity index is 1.97. The quantitative estimate of drug-likeness (QED) is 0.713. The highest BCUT2D eigenvalue weighted by Gasteiger charge is 2.15. The summed E-state index contributed by atoms with van der Waals surface area (Å²) in [6.45, 7) is 5.19. The number of benzene rings is 2. The molecule has 0 saturated heterocycles. The van der Waals surface area contributed by atoms with Gasteiger partial charge in [-0.25, -0.2) is 0 Å². The van der Waals surface area contributed by atoms with Crippen LogP contribution in [0.15, 0.2) is 42.6 Å². The highest BCUT2D eigenvalue weighted by Crippen LogP contribution is 2.31. The van der Waals surface area contributed by atoms with Gasteiger partial charge in [0.1, 0.15) is 6.10 Å². The van der Waals surface area contributed by atoms with Crippen molar-refractivity contribution >= 4 is 34.1 Å². The van der Waals surface area contributed by atoms with Crippen LogP contribution in [-0.2, 0) is 6.54 Å². The maximum atomic E-state index is 10.6. The maximum Gasteiger partial charge on any atom is 0.106 e. The molecule has 1 unspecified atom stereocenters. The smallest absolute Gasteiger partial charge is 0.106 e. The molecule has 0 spiro atoms. The van der Waals surface area contributed by atoms with Gasteiger partial charge < -0.3 is 5.11 Å². The molecule has 5 heteroatoms. The van der Waals surface area contributed by atoms with E-state index < -0.39 is 6.10 Å². The minimum atomic E-state index is -0.794. The zero-order valence-electron chi connectivity index (χ0n) is 13.0. The predicted molar refractivity (Wildman–Crippen MR) is 95.1 cm³/mol. The van der Waals surface area contributed by atoms with Crippen molar-refractivity contribution < 1.29 is 5.11 Å². The van der Waals surface area contributed by atoms with E-state index in [0.717, 1.165) is 23.0 Å². The Morgan fingerprint density at radius 2 is 1.91 bits per heavy atom. The molecule has 0 aliphatic carbocycles. The van der Waals surface area contributed by atoms with E-state index in [-0.39, 0.29) is 0 Å². The first kappa shape index (κ1) is 16.3. The Hall–Kier alpha value is -1.55. The average Bonchev–Trinajstić information content (AvgIpc) is 2.88. The average molecular weight is 349 g/mol. The summed E-state index contributed by atoms with van der Waals surface area (Å²) in [5, 5.41) is 17.1. The number of nitrogens with zero attached hydrogens (tertiary/aromatic N) is 2. The Kier molecular flexibility index (Phi) is 4.62. The number of aliphatic hydroxyl groups is 1. The first-order valence-electron chi connectivity index (χ1n) is 7.54. The van der Waals surface area contributed by atoms with Gasteiger partial charge in [0.2, 0.25) is 0 Å². The molecule has 1 heterocycles. The van der Waals surface area contributed by atoms with Gasteiger partial charge in [0.25, 0.3) is 0 Å². The van der Waals surface area contributed by atoms with Crippen LogP contribution < -0.4 is 0 Å². The van der Waals surface area contributed by atoms with Crippen molar-refractivity contribution in [2.75, 3.05) is 0 Å². The Bertz CT molecular complexity index is 842. The molecule has 3 nitrogen and oxygen atoms in total. The highest BCUT2D eigenvalue weighted by atomic mass is 35.5. The van der Waals surface area contributed by atoms with Crippen molar-refractivity contribution in [1.29, 1.82) is 0 Å². The number of aliphatic hydroxyl groups excluding tert-OH is 1. The summed E-state index contributed by atoms with van der Waals surface area (Å²) in [4.78, 5) is 0. The van der Waals surface area contributed by atoms with Crippen LogP contribution in [-0.4, -0.2) is 14.9 Å². The molecule has 1 atom stereocenters. The molecule has 120 valence electrons. The zero-order valence-corrected chi connectivity index (χ0v) is 14.5. The molecule has 0 radical (unpaired) electrons. The molecular formula is C18H18Cl2N2O. The molecular weight excluding hydrogens is 331 g/mol. The van der Waals surface area contributed by atoms with Gasteiger partial charge in [-0.2, -0.15) is 5.10 Å². The third-order valence-corrected chi connectivity index (χ3v) is 4.34. The number of hydrogen-bond acceptors (Lipinski definition) is 2. The van der Waals surface area contributed by atoms with Gasteiger partial charge in [0.15, 0.2) is 0 Å². The van der Waals surface area contributed by atoms with Crippen LogP contribution in [0.1, 0.15) is 31.1 Å². The second-order valence-electron chi connectivity index (χ2n) is 6.11. The molecule has 0 saturated carbocycles. The maximum absolute atomic E-state index is 10.6. The van der Waals surface area contributed by atoms with Crippen LogP contribution in [0, 0.1) is 5.92 Å². The Morgan fingerprint density at radius 1 is 1.13 bits per heavy atom. The molecule has 0 amide bonds. The van der Waals surface area contributed by atoms with Crippen LogP contribution in [0.4, 0.5) is 0 Å². The van der Waals surface area contributed by atoms with E-state index in [1.165, 1.54) is 0 Å². The summed E-state index contributed by atoms with van der Waals surface area (Å²) in [7, 11) is 0. The lowest BCUT2D eigenvalue weighted by Gasteiger charge is -2.14. The van der Waals surface area contributed by atoms with E-state index in [9.17, 15) is 5.11 Å². The van der Waals surface area contributed by atoms with E-state index in [2.05, 4.69) is 18.9 Å². The third-order valence-electron chi connectivity index (χ3n) is 3.78. The SMILES string of the molecule is CC(C)Cn1ncc2cc(C(O)c3ccc(Cl)cc3Cl)ccc21. The zero-order chi connectivity index (χ0) is 16.6. The molecule has 3 aromatic rings. The van der Waals surface area contributed by atoms with Crippen LogP contribution >= 0.6 is 23.2 Å². The van der Waals surface area contributed by atoms with Crippen LogP contribution in [0.2, 0.25) is 10.0 Å². The molecule has 0 aliphatic rings. The molecule has 1 aromatic heterocycles. The minimum Gasteiger partial charge on any atom is -0.384 e. The number of hydrogen-bond donors (Lipinski definition) is 1. The van der Waals surface area contributed by atoms with Crippen molar-refractivity contribution in [2.24, 2.45) is 5.92 Å². The molecule has 23 heavy (non-hydrogen) atoms. The van der Waals surface area contributed by atoms with E-state index >= 15 is 0 Å². The second kappa shape index (κ2) is 6.52. The third kappa shape index (κ3) is 3.37. The van der Waals surface area contributed by atoms with Crippen molar-refractivity contribution in [3.63, 3.8) is 0 Å². The summed E-state index contributed by atoms with van der Waals surface area (Å²) in [6.07, 6.45) is 1.04. The molecule has 3 rings (SSSR count). The topological polar surface area (TPSA) is 38.0 Å². The normalized spacial score (nSPS) is 13.0. The first-order chi connectivity index (χ1) is 11.0. The minimum absolute atomic E-state index is 0.459. The van der Waals surface area contributed by atoms with Gasteiger partial charge in [-0.05, 0) is 35.7 Å². The predicted octanol–water partition coefficient (Wildman–Crippen LogP) is 5.08. The second-order valence-corrected chi connectivity index (χ2v) is 6.95.